The molecule has 0 aliphatic carbocycles. The van der Waals surface area contributed by atoms with E-state index in [-0.39, 0.29) is 5.91 Å². The van der Waals surface area contributed by atoms with Crippen molar-refractivity contribution in [3.8, 4) is 5.75 Å². The van der Waals surface area contributed by atoms with E-state index in [1.807, 2.05) is 35.0 Å². The maximum absolute atomic E-state index is 12.2. The second kappa shape index (κ2) is 10.1. The highest BCUT2D eigenvalue weighted by Gasteiger charge is 2.10. The van der Waals surface area contributed by atoms with Gasteiger partial charge in [0, 0.05) is 43.8 Å². The van der Waals surface area contributed by atoms with Crippen LogP contribution in [0, 0.1) is 0 Å². The lowest BCUT2D eigenvalue weighted by atomic mass is 10.2. The van der Waals surface area contributed by atoms with Gasteiger partial charge in [0.05, 0.1) is 12.6 Å². The highest BCUT2D eigenvalue weighted by atomic mass is 32.2. The number of carbonyl (C=O) groups excluding carboxylic acids is 1. The van der Waals surface area contributed by atoms with E-state index in [0.29, 0.717) is 19.7 Å². The summed E-state index contributed by atoms with van der Waals surface area (Å²) >= 11 is 1.69. The highest BCUT2D eigenvalue weighted by molar-refractivity contribution is 7.98. The Labute approximate surface area is 169 Å². The van der Waals surface area contributed by atoms with Gasteiger partial charge in [-0.25, -0.2) is 4.98 Å². The molecule has 3 aromatic rings. The van der Waals surface area contributed by atoms with Crippen molar-refractivity contribution in [1.29, 1.82) is 0 Å². The van der Waals surface area contributed by atoms with E-state index in [2.05, 4.69) is 22.4 Å². The first-order valence-corrected chi connectivity index (χ1v) is 10.1. The van der Waals surface area contributed by atoms with Gasteiger partial charge < -0.3 is 19.4 Å². The van der Waals surface area contributed by atoms with Crippen molar-refractivity contribution in [1.82, 2.24) is 14.9 Å². The first kappa shape index (κ1) is 20.2. The van der Waals surface area contributed by atoms with Crippen LogP contribution in [0.3, 0.4) is 0 Å². The van der Waals surface area contributed by atoms with Crippen molar-refractivity contribution >= 4 is 28.6 Å². The first-order chi connectivity index (χ1) is 13.7. The predicted octanol–water partition coefficient (Wildman–Crippen LogP) is 3.49. The van der Waals surface area contributed by atoms with Crippen LogP contribution in [0.1, 0.15) is 12.0 Å². The van der Waals surface area contributed by atoms with Gasteiger partial charge in [-0.1, -0.05) is 12.1 Å². The predicted molar refractivity (Wildman–Crippen MR) is 112 cm³/mol. The van der Waals surface area contributed by atoms with Crippen LogP contribution in [0.15, 0.2) is 53.8 Å². The molecule has 0 unspecified atom stereocenters. The van der Waals surface area contributed by atoms with Crippen molar-refractivity contribution in [2.45, 2.75) is 23.7 Å². The minimum absolute atomic E-state index is 0.00199. The lowest BCUT2D eigenvalue weighted by Gasteiger charge is -2.08. The van der Waals surface area contributed by atoms with Gasteiger partial charge in [0.25, 0.3) is 0 Å². The Balaban J connectivity index is 1.64. The third-order valence-corrected chi connectivity index (χ3v) is 5.43. The molecule has 2 aromatic heterocycles. The van der Waals surface area contributed by atoms with Crippen LogP contribution >= 0.6 is 11.8 Å². The number of rotatable bonds is 10. The van der Waals surface area contributed by atoms with Crippen LogP contribution < -0.4 is 10.1 Å². The number of ether oxygens (including phenoxy) is 2. The summed E-state index contributed by atoms with van der Waals surface area (Å²) in [5.74, 6) is 1.67. The van der Waals surface area contributed by atoms with Crippen molar-refractivity contribution in [2.24, 2.45) is 0 Å². The molecular formula is C21H25N3O3S. The molecule has 0 aliphatic heterocycles. The first-order valence-electron chi connectivity index (χ1n) is 9.16. The molecule has 1 N–H and O–H groups in total. The van der Waals surface area contributed by atoms with E-state index in [1.54, 1.807) is 32.2 Å². The normalized spacial score (nSPS) is 10.9. The SMILES string of the molecule is COCCCNC(=O)Cn1ccc2c(SCc3ccc(OC)cc3)nccc21. The molecule has 0 fully saturated rings. The third kappa shape index (κ3) is 5.27. The second-order valence-corrected chi connectivity index (χ2v) is 7.29. The fourth-order valence-electron chi connectivity index (χ4n) is 2.88. The highest BCUT2D eigenvalue weighted by Crippen LogP contribution is 2.29. The number of carbonyl (C=O) groups is 1. The molecular weight excluding hydrogens is 374 g/mol. The van der Waals surface area contributed by atoms with Crippen LogP contribution in [-0.4, -0.2) is 42.8 Å². The van der Waals surface area contributed by atoms with Gasteiger partial charge >= 0.3 is 0 Å². The van der Waals surface area contributed by atoms with E-state index >= 15 is 0 Å². The summed E-state index contributed by atoms with van der Waals surface area (Å²) in [4.78, 5) is 16.7. The van der Waals surface area contributed by atoms with Gasteiger partial charge in [0.2, 0.25) is 5.91 Å². The summed E-state index contributed by atoms with van der Waals surface area (Å²) in [5, 5.41) is 4.95. The molecule has 2 heterocycles. The van der Waals surface area contributed by atoms with Crippen LogP contribution in [0.4, 0.5) is 0 Å². The number of nitrogens with one attached hydrogen (secondary N) is 1. The van der Waals surface area contributed by atoms with Gasteiger partial charge in [-0.3, -0.25) is 4.79 Å². The third-order valence-electron chi connectivity index (χ3n) is 4.36. The summed E-state index contributed by atoms with van der Waals surface area (Å²) in [6.45, 7) is 1.56. The Hall–Kier alpha value is -2.51. The second-order valence-electron chi connectivity index (χ2n) is 6.33. The summed E-state index contributed by atoms with van der Waals surface area (Å²) < 4.78 is 12.2. The Morgan fingerprint density at radius 2 is 2.00 bits per heavy atom. The molecule has 3 rings (SSSR count). The Morgan fingerprint density at radius 1 is 1.18 bits per heavy atom. The van der Waals surface area contributed by atoms with Gasteiger partial charge in [-0.2, -0.15) is 0 Å². The summed E-state index contributed by atoms with van der Waals surface area (Å²) in [6.07, 6.45) is 4.55. The van der Waals surface area contributed by atoms with Crippen molar-refractivity contribution in [3.05, 3.63) is 54.4 Å². The minimum Gasteiger partial charge on any atom is -0.497 e. The Bertz CT molecular complexity index is 909. The summed E-state index contributed by atoms with van der Waals surface area (Å²) in [6, 6.07) is 12.0. The molecule has 148 valence electrons. The van der Waals surface area contributed by atoms with Crippen molar-refractivity contribution in [3.63, 3.8) is 0 Å². The number of benzene rings is 1. The molecule has 0 spiro atoms. The molecule has 28 heavy (non-hydrogen) atoms. The van der Waals surface area contributed by atoms with Crippen LogP contribution in [-0.2, 0) is 21.8 Å². The van der Waals surface area contributed by atoms with Crippen LogP contribution in [0.5, 0.6) is 5.75 Å². The van der Waals surface area contributed by atoms with Gasteiger partial charge in [-0.15, -0.1) is 11.8 Å². The number of pyridine rings is 1. The van der Waals surface area contributed by atoms with Crippen LogP contribution in [0.25, 0.3) is 10.9 Å². The van der Waals surface area contributed by atoms with E-state index < -0.39 is 0 Å². The molecule has 1 amide bonds. The zero-order chi connectivity index (χ0) is 19.8. The zero-order valence-electron chi connectivity index (χ0n) is 16.2. The van der Waals surface area contributed by atoms with Crippen LogP contribution in [0.2, 0.25) is 0 Å². The molecule has 0 aliphatic rings. The minimum atomic E-state index is -0.00199. The number of hydrogen-bond donors (Lipinski definition) is 1. The lowest BCUT2D eigenvalue weighted by Crippen LogP contribution is -2.28. The number of amides is 1. The monoisotopic (exact) mass is 399 g/mol. The molecule has 0 bridgehead atoms. The molecule has 6 nitrogen and oxygen atoms in total. The average Bonchev–Trinajstić information content (AvgIpc) is 3.13. The van der Waals surface area contributed by atoms with Gasteiger partial charge in [0.1, 0.15) is 17.3 Å². The van der Waals surface area contributed by atoms with E-state index in [0.717, 1.165) is 33.9 Å². The molecule has 0 atom stereocenters. The van der Waals surface area contributed by atoms with Gasteiger partial charge in [0.15, 0.2) is 0 Å². The molecule has 1 aromatic carbocycles. The summed E-state index contributed by atoms with van der Waals surface area (Å²) in [5.41, 5.74) is 2.22. The summed E-state index contributed by atoms with van der Waals surface area (Å²) in [7, 11) is 3.32. The fourth-order valence-corrected chi connectivity index (χ4v) is 3.84. The maximum Gasteiger partial charge on any atom is 0.239 e. The molecule has 0 saturated heterocycles. The standard InChI is InChI=1S/C21H25N3O3S/c1-26-13-3-10-22-20(25)14-24-12-9-18-19(24)8-11-23-21(18)28-15-16-4-6-17(27-2)7-5-16/h4-9,11-12H,3,10,13-15H2,1-2H3,(H,22,25). The van der Waals surface area contributed by atoms with Gasteiger partial charge in [-0.05, 0) is 36.2 Å². The zero-order valence-corrected chi connectivity index (χ0v) is 17.0. The molecule has 7 heteroatoms. The Morgan fingerprint density at radius 3 is 2.75 bits per heavy atom. The Kier molecular flexibility index (Phi) is 7.33. The quantitative estimate of drug-likeness (QED) is 0.418. The average molecular weight is 400 g/mol. The number of fused-ring (bicyclic) bond motifs is 1. The number of hydrogen-bond acceptors (Lipinski definition) is 5. The topological polar surface area (TPSA) is 65.4 Å². The molecule has 0 saturated carbocycles. The fraction of sp³-hybridized carbons (Fsp3) is 0.333. The van der Waals surface area contributed by atoms with Crippen molar-refractivity contribution in [2.75, 3.05) is 27.4 Å². The number of methoxy groups -OCH3 is 2. The lowest BCUT2D eigenvalue weighted by molar-refractivity contribution is -0.121. The van der Waals surface area contributed by atoms with E-state index in [9.17, 15) is 4.79 Å². The molecule has 0 radical (unpaired) electrons. The van der Waals surface area contributed by atoms with E-state index in [1.165, 1.54) is 5.56 Å². The smallest absolute Gasteiger partial charge is 0.239 e. The number of thioether (sulfide) groups is 1. The van der Waals surface area contributed by atoms with E-state index in [4.69, 9.17) is 9.47 Å². The number of aromatic nitrogens is 2. The largest absolute Gasteiger partial charge is 0.497 e. The maximum atomic E-state index is 12.2. The number of nitrogens with zero attached hydrogens (tertiary/aromatic N) is 2. The van der Waals surface area contributed by atoms with Crippen molar-refractivity contribution < 1.29 is 14.3 Å².